The summed E-state index contributed by atoms with van der Waals surface area (Å²) in [5.74, 6) is 0.467. The summed E-state index contributed by atoms with van der Waals surface area (Å²) in [6.07, 6.45) is 9.36. The van der Waals surface area contributed by atoms with E-state index >= 15 is 0 Å². The van der Waals surface area contributed by atoms with Crippen molar-refractivity contribution in [1.29, 1.82) is 0 Å². The SMILES string of the molecule is CC[N+]1(C(C)C)[C@@H]2CC[C@H]1CC(OC(=O)C1CCCCC1c1ccccc1)C2.[I-]. The number of quaternary nitrogens is 1. The second-order valence-electron chi connectivity index (χ2n) is 9.73. The third kappa shape index (κ3) is 4.26. The quantitative estimate of drug-likeness (QED) is 0.345. The van der Waals surface area contributed by atoms with Gasteiger partial charge in [-0.2, -0.15) is 0 Å². The maximum atomic E-state index is 13.2. The fourth-order valence-electron chi connectivity index (χ4n) is 7.08. The van der Waals surface area contributed by atoms with Crippen LogP contribution in [0.15, 0.2) is 30.3 Å². The molecule has 0 radical (unpaired) electrons. The van der Waals surface area contributed by atoms with Crippen LogP contribution in [-0.2, 0) is 9.53 Å². The van der Waals surface area contributed by atoms with E-state index in [0.29, 0.717) is 24.0 Å². The summed E-state index contributed by atoms with van der Waals surface area (Å²) in [7, 11) is 0. The van der Waals surface area contributed by atoms with Crippen LogP contribution in [0.5, 0.6) is 0 Å². The van der Waals surface area contributed by atoms with Crippen LogP contribution in [0.1, 0.15) is 83.6 Å². The highest BCUT2D eigenvalue weighted by Gasteiger charge is 2.55. The smallest absolute Gasteiger partial charge is 0.309 e. The van der Waals surface area contributed by atoms with Gasteiger partial charge in [0.2, 0.25) is 0 Å². The van der Waals surface area contributed by atoms with Crippen LogP contribution >= 0.6 is 0 Å². The summed E-state index contributed by atoms with van der Waals surface area (Å²) < 4.78 is 7.49. The van der Waals surface area contributed by atoms with E-state index in [2.05, 4.69) is 51.1 Å². The van der Waals surface area contributed by atoms with Crippen molar-refractivity contribution in [2.24, 2.45) is 5.92 Å². The molecule has 1 aromatic rings. The summed E-state index contributed by atoms with van der Waals surface area (Å²) >= 11 is 0. The zero-order valence-corrected chi connectivity index (χ0v) is 20.5. The Labute approximate surface area is 194 Å². The number of esters is 1. The minimum absolute atomic E-state index is 0. The standard InChI is InChI=1S/C25H38NO2.HI/c1-4-26(18(2)3)20-14-15-21(26)17-22(16-20)28-25(27)24-13-9-8-12-23(24)19-10-6-5-7-11-19;/h5-7,10-11,18,20-24H,4,8-9,12-17H2,1-3H3;1H/q+1;/p-1/t20-,21+,22?,23?,24?,26?;. The highest BCUT2D eigenvalue weighted by atomic mass is 127. The number of hydrogen-bond acceptors (Lipinski definition) is 2. The van der Waals surface area contributed by atoms with E-state index in [4.69, 9.17) is 4.74 Å². The van der Waals surface area contributed by atoms with Gasteiger partial charge in [0.15, 0.2) is 0 Å². The van der Waals surface area contributed by atoms with Crippen LogP contribution in [0.25, 0.3) is 0 Å². The Balaban J connectivity index is 0.00000240. The number of nitrogens with zero attached hydrogens (tertiary/aromatic N) is 1. The van der Waals surface area contributed by atoms with Gasteiger partial charge < -0.3 is 33.2 Å². The topological polar surface area (TPSA) is 26.3 Å². The van der Waals surface area contributed by atoms with Crippen molar-refractivity contribution in [3.63, 3.8) is 0 Å². The molecule has 162 valence electrons. The number of piperidine rings is 1. The average molecular weight is 511 g/mol. The Bertz CT molecular complexity index is 663. The van der Waals surface area contributed by atoms with Crippen LogP contribution in [0.3, 0.4) is 0 Å². The van der Waals surface area contributed by atoms with Crippen molar-refractivity contribution in [2.75, 3.05) is 6.54 Å². The average Bonchev–Trinajstić information content (AvgIpc) is 2.92. The van der Waals surface area contributed by atoms with E-state index < -0.39 is 0 Å². The van der Waals surface area contributed by atoms with Crippen LogP contribution in [0, 0.1) is 5.92 Å². The first-order valence-electron chi connectivity index (χ1n) is 11.7. The molecule has 1 saturated carbocycles. The van der Waals surface area contributed by atoms with E-state index in [0.717, 1.165) is 32.1 Å². The molecule has 6 atom stereocenters. The van der Waals surface area contributed by atoms with Gasteiger partial charge in [-0.05, 0) is 45.1 Å². The molecule has 0 amide bonds. The summed E-state index contributed by atoms with van der Waals surface area (Å²) in [5.41, 5.74) is 1.31. The number of carbonyl (C=O) groups excluding carboxylic acids is 1. The molecule has 2 aliphatic heterocycles. The number of rotatable bonds is 5. The Kier molecular flexibility index (Phi) is 7.69. The van der Waals surface area contributed by atoms with E-state index in [9.17, 15) is 4.79 Å². The molecule has 1 aromatic carbocycles. The molecule has 3 nitrogen and oxygen atoms in total. The third-order valence-corrected chi connectivity index (χ3v) is 8.35. The molecule has 2 bridgehead atoms. The van der Waals surface area contributed by atoms with E-state index in [1.165, 1.54) is 35.9 Å². The Hall–Kier alpha value is -0.620. The molecular weight excluding hydrogens is 473 g/mol. The van der Waals surface area contributed by atoms with Gasteiger partial charge in [-0.1, -0.05) is 43.2 Å². The third-order valence-electron chi connectivity index (χ3n) is 8.35. The van der Waals surface area contributed by atoms with Gasteiger partial charge in [0.1, 0.15) is 6.10 Å². The molecule has 0 spiro atoms. The van der Waals surface area contributed by atoms with Crippen molar-refractivity contribution >= 4 is 5.97 Å². The van der Waals surface area contributed by atoms with Crippen LogP contribution in [0.2, 0.25) is 0 Å². The Morgan fingerprint density at radius 3 is 2.24 bits per heavy atom. The molecular formula is C25H38INO2. The van der Waals surface area contributed by atoms with Crippen LogP contribution in [-0.4, -0.2) is 41.2 Å². The normalized spacial score (nSPS) is 36.5. The molecule has 4 heteroatoms. The van der Waals surface area contributed by atoms with E-state index in [-0.39, 0.29) is 42.0 Å². The monoisotopic (exact) mass is 511 g/mol. The predicted molar refractivity (Wildman–Crippen MR) is 113 cm³/mol. The second kappa shape index (κ2) is 9.67. The summed E-state index contributed by atoms with van der Waals surface area (Å²) in [6, 6.07) is 12.7. The maximum Gasteiger partial charge on any atom is 0.309 e. The van der Waals surface area contributed by atoms with Gasteiger partial charge in [0.25, 0.3) is 0 Å². The number of hydrogen-bond donors (Lipinski definition) is 0. The number of carbonyl (C=O) groups is 1. The fourth-order valence-corrected chi connectivity index (χ4v) is 7.08. The van der Waals surface area contributed by atoms with Gasteiger partial charge in [-0.3, -0.25) is 4.79 Å². The van der Waals surface area contributed by atoms with Crippen molar-refractivity contribution in [1.82, 2.24) is 0 Å². The number of ether oxygens (including phenoxy) is 1. The van der Waals surface area contributed by atoms with Crippen LogP contribution < -0.4 is 24.0 Å². The molecule has 29 heavy (non-hydrogen) atoms. The van der Waals surface area contributed by atoms with Gasteiger partial charge in [-0.25, -0.2) is 0 Å². The minimum Gasteiger partial charge on any atom is -1.00 e. The molecule has 2 saturated heterocycles. The summed E-state index contributed by atoms with van der Waals surface area (Å²) in [5, 5.41) is 0. The van der Waals surface area contributed by atoms with Gasteiger partial charge in [-0.15, -0.1) is 0 Å². The van der Waals surface area contributed by atoms with Crippen molar-refractivity contribution in [3.8, 4) is 0 Å². The minimum atomic E-state index is 0. The molecule has 1 aliphatic carbocycles. The molecule has 0 N–H and O–H groups in total. The lowest BCUT2D eigenvalue weighted by molar-refractivity contribution is -0.983. The summed E-state index contributed by atoms with van der Waals surface area (Å²) in [4.78, 5) is 13.2. The lowest BCUT2D eigenvalue weighted by Crippen LogP contribution is -3.00. The van der Waals surface area contributed by atoms with Crippen molar-refractivity contribution in [2.45, 2.75) is 102 Å². The second-order valence-corrected chi connectivity index (χ2v) is 9.73. The first-order chi connectivity index (χ1) is 13.6. The molecule has 4 unspecified atom stereocenters. The predicted octanol–water partition coefficient (Wildman–Crippen LogP) is 2.45. The molecule has 4 rings (SSSR count). The van der Waals surface area contributed by atoms with E-state index in [1.807, 2.05) is 0 Å². The van der Waals surface area contributed by atoms with Gasteiger partial charge >= 0.3 is 5.97 Å². The molecule has 3 aliphatic rings. The van der Waals surface area contributed by atoms with E-state index in [1.54, 1.807) is 0 Å². The lowest BCUT2D eigenvalue weighted by atomic mass is 9.75. The summed E-state index contributed by atoms with van der Waals surface area (Å²) in [6.45, 7) is 8.33. The first-order valence-corrected chi connectivity index (χ1v) is 11.7. The fraction of sp³-hybridized carbons (Fsp3) is 0.720. The first kappa shape index (κ1) is 23.1. The number of halogens is 1. The zero-order chi connectivity index (χ0) is 19.7. The van der Waals surface area contributed by atoms with Crippen molar-refractivity contribution < 1.29 is 38.0 Å². The number of benzene rings is 1. The van der Waals surface area contributed by atoms with Crippen molar-refractivity contribution in [3.05, 3.63) is 35.9 Å². The molecule has 0 aromatic heterocycles. The van der Waals surface area contributed by atoms with Gasteiger partial charge in [0.05, 0.1) is 30.6 Å². The van der Waals surface area contributed by atoms with Gasteiger partial charge in [0, 0.05) is 25.7 Å². The zero-order valence-electron chi connectivity index (χ0n) is 18.4. The highest BCUT2D eigenvalue weighted by Crippen LogP contribution is 2.46. The molecule has 2 heterocycles. The highest BCUT2D eigenvalue weighted by molar-refractivity contribution is 5.74. The number of fused-ring (bicyclic) bond motifs is 2. The largest absolute Gasteiger partial charge is 1.00 e. The Morgan fingerprint density at radius 2 is 1.66 bits per heavy atom. The van der Waals surface area contributed by atoms with Crippen LogP contribution in [0.4, 0.5) is 0 Å². The lowest BCUT2D eigenvalue weighted by Gasteiger charge is -2.52. The Morgan fingerprint density at radius 1 is 1.03 bits per heavy atom. The molecule has 3 fully saturated rings. The maximum absolute atomic E-state index is 13.2.